The van der Waals surface area contributed by atoms with Crippen molar-refractivity contribution in [2.45, 2.75) is 56.4 Å². The van der Waals surface area contributed by atoms with E-state index in [2.05, 4.69) is 0 Å². The van der Waals surface area contributed by atoms with Crippen LogP contribution in [0.1, 0.15) is 32.1 Å². The molecular weight excluding hydrogens is 419 g/mol. The summed E-state index contributed by atoms with van der Waals surface area (Å²) in [6.07, 6.45) is 7.51. The molecule has 174 valence electrons. The second kappa shape index (κ2) is 9.47. The number of benzene rings is 1. The highest BCUT2D eigenvalue weighted by Crippen LogP contribution is 2.44. The molecule has 32 heavy (non-hydrogen) atoms. The highest BCUT2D eigenvalue weighted by atomic mass is 19.1. The van der Waals surface area contributed by atoms with E-state index in [1.807, 2.05) is 12.2 Å². The molecule has 0 spiro atoms. The van der Waals surface area contributed by atoms with Gasteiger partial charge in [-0.3, -0.25) is 4.79 Å². The summed E-state index contributed by atoms with van der Waals surface area (Å²) in [6, 6.07) is 5.83. The molecule has 0 amide bonds. The van der Waals surface area contributed by atoms with Crippen molar-refractivity contribution >= 4 is 5.97 Å². The van der Waals surface area contributed by atoms with Gasteiger partial charge < -0.3 is 28.4 Å². The Hall–Kier alpha value is -2.00. The summed E-state index contributed by atoms with van der Waals surface area (Å²) in [6.45, 7) is 1.74. The minimum atomic E-state index is -1.04. The van der Waals surface area contributed by atoms with Crippen LogP contribution in [0.25, 0.3) is 0 Å². The first-order chi connectivity index (χ1) is 15.6. The Kier molecular flexibility index (Phi) is 6.46. The SMILES string of the molecule is O=C1C[C@@H]2[C@@H](/C=C/C3(COc4ccc(F)cc4)OCCO3)[C@H](OC3CCCCO3)C[C@@H]2O1. The molecule has 3 heterocycles. The molecule has 1 aliphatic carbocycles. The maximum absolute atomic E-state index is 13.2. The number of rotatable bonds is 7. The minimum absolute atomic E-state index is 0.0209. The first kappa shape index (κ1) is 21.8. The lowest BCUT2D eigenvalue weighted by Gasteiger charge is -2.29. The third-order valence-corrected chi connectivity index (χ3v) is 6.62. The number of ether oxygens (including phenoxy) is 6. The van der Waals surface area contributed by atoms with Crippen LogP contribution in [-0.2, 0) is 28.5 Å². The van der Waals surface area contributed by atoms with Crippen LogP contribution >= 0.6 is 0 Å². The second-order valence-corrected chi connectivity index (χ2v) is 8.79. The third kappa shape index (κ3) is 4.83. The third-order valence-electron chi connectivity index (χ3n) is 6.62. The van der Waals surface area contributed by atoms with E-state index in [-0.39, 0.29) is 48.7 Å². The van der Waals surface area contributed by atoms with E-state index in [0.717, 1.165) is 19.3 Å². The van der Waals surface area contributed by atoms with Gasteiger partial charge in [-0.15, -0.1) is 0 Å². The fourth-order valence-electron chi connectivity index (χ4n) is 4.99. The highest BCUT2D eigenvalue weighted by Gasteiger charge is 2.51. The summed E-state index contributed by atoms with van der Waals surface area (Å²) < 4.78 is 48.4. The van der Waals surface area contributed by atoms with Gasteiger partial charge in [-0.2, -0.15) is 0 Å². The Morgan fingerprint density at radius 2 is 1.94 bits per heavy atom. The monoisotopic (exact) mass is 448 g/mol. The zero-order valence-electron chi connectivity index (χ0n) is 18.0. The van der Waals surface area contributed by atoms with Crippen molar-refractivity contribution in [1.82, 2.24) is 0 Å². The number of esters is 1. The minimum Gasteiger partial charge on any atom is -0.488 e. The van der Waals surface area contributed by atoms with Crippen molar-refractivity contribution in [3.63, 3.8) is 0 Å². The molecule has 0 aromatic heterocycles. The Labute approximate surface area is 186 Å². The van der Waals surface area contributed by atoms with Crippen LogP contribution in [0.2, 0.25) is 0 Å². The van der Waals surface area contributed by atoms with Gasteiger partial charge in [0.25, 0.3) is 0 Å². The number of carbonyl (C=O) groups excluding carboxylic acids is 1. The lowest BCUT2D eigenvalue weighted by Crippen LogP contribution is -2.36. The summed E-state index contributed by atoms with van der Waals surface area (Å²) in [5.74, 6) is -0.950. The number of halogens is 1. The fourth-order valence-corrected chi connectivity index (χ4v) is 4.99. The van der Waals surface area contributed by atoms with Gasteiger partial charge in [-0.1, -0.05) is 6.08 Å². The van der Waals surface area contributed by atoms with Crippen molar-refractivity contribution in [1.29, 1.82) is 0 Å². The van der Waals surface area contributed by atoms with E-state index in [9.17, 15) is 9.18 Å². The van der Waals surface area contributed by atoms with Crippen LogP contribution in [-0.4, -0.2) is 56.7 Å². The maximum Gasteiger partial charge on any atom is 0.306 e. The molecule has 1 aromatic rings. The molecule has 0 radical (unpaired) electrons. The van der Waals surface area contributed by atoms with Gasteiger partial charge in [-0.25, -0.2) is 4.39 Å². The lowest BCUT2D eigenvalue weighted by atomic mass is 9.91. The van der Waals surface area contributed by atoms with Crippen molar-refractivity contribution in [3.05, 3.63) is 42.2 Å². The predicted octanol–water partition coefficient (Wildman–Crippen LogP) is 3.37. The first-order valence-electron chi connectivity index (χ1n) is 11.4. The number of fused-ring (bicyclic) bond motifs is 1. The molecule has 3 aliphatic heterocycles. The number of carbonyl (C=O) groups is 1. The molecule has 5 rings (SSSR count). The zero-order chi connectivity index (χ0) is 22.0. The Morgan fingerprint density at radius 3 is 2.69 bits per heavy atom. The van der Waals surface area contributed by atoms with E-state index >= 15 is 0 Å². The van der Waals surface area contributed by atoms with Gasteiger partial charge in [-0.05, 0) is 49.6 Å². The molecule has 4 fully saturated rings. The molecule has 5 atom stereocenters. The molecule has 0 bridgehead atoms. The largest absolute Gasteiger partial charge is 0.488 e. The normalized spacial score (nSPS) is 34.0. The molecule has 1 aromatic carbocycles. The molecule has 3 saturated heterocycles. The molecule has 8 heteroatoms. The standard InChI is InChI=1S/C24H29FO7/c25-16-4-6-17(7-5-16)28-15-24(29-11-12-30-24)9-8-18-19-13-22(26)31-21(19)14-20(18)32-23-3-1-2-10-27-23/h4-9,18-21,23H,1-3,10-15H2/b9-8+/t18-,19-,20-,21+,23?/m1/s1. The Balaban J connectivity index is 1.29. The van der Waals surface area contributed by atoms with Crippen molar-refractivity contribution in [2.24, 2.45) is 11.8 Å². The van der Waals surface area contributed by atoms with E-state index in [4.69, 9.17) is 28.4 Å². The molecule has 1 saturated carbocycles. The lowest BCUT2D eigenvalue weighted by molar-refractivity contribution is -0.194. The van der Waals surface area contributed by atoms with E-state index in [1.54, 1.807) is 12.1 Å². The van der Waals surface area contributed by atoms with Crippen LogP contribution in [0.15, 0.2) is 36.4 Å². The summed E-state index contributed by atoms with van der Waals surface area (Å²) in [5.41, 5.74) is 0. The van der Waals surface area contributed by atoms with E-state index < -0.39 is 5.79 Å². The van der Waals surface area contributed by atoms with Crippen LogP contribution in [0.3, 0.4) is 0 Å². The fraction of sp³-hybridized carbons (Fsp3) is 0.625. The quantitative estimate of drug-likeness (QED) is 0.468. The molecular formula is C24H29FO7. The van der Waals surface area contributed by atoms with Gasteiger partial charge in [0.2, 0.25) is 5.79 Å². The van der Waals surface area contributed by atoms with Gasteiger partial charge in [0, 0.05) is 24.9 Å². The van der Waals surface area contributed by atoms with E-state index in [0.29, 0.717) is 38.4 Å². The number of hydrogen-bond donors (Lipinski definition) is 0. The van der Waals surface area contributed by atoms with Gasteiger partial charge in [0.1, 0.15) is 24.3 Å². The van der Waals surface area contributed by atoms with Crippen molar-refractivity contribution < 1.29 is 37.6 Å². The highest BCUT2D eigenvalue weighted by molar-refractivity contribution is 5.72. The summed E-state index contributed by atoms with van der Waals surface area (Å²) in [5, 5.41) is 0. The van der Waals surface area contributed by atoms with Crippen LogP contribution in [0.4, 0.5) is 4.39 Å². The van der Waals surface area contributed by atoms with Crippen LogP contribution in [0, 0.1) is 17.7 Å². The molecule has 4 aliphatic rings. The summed E-state index contributed by atoms with van der Waals surface area (Å²) >= 11 is 0. The zero-order valence-corrected chi connectivity index (χ0v) is 18.0. The average Bonchev–Trinajstić information content (AvgIpc) is 3.48. The predicted molar refractivity (Wildman–Crippen MR) is 110 cm³/mol. The number of hydrogen-bond acceptors (Lipinski definition) is 7. The molecule has 0 N–H and O–H groups in total. The van der Waals surface area contributed by atoms with Crippen LogP contribution < -0.4 is 4.74 Å². The van der Waals surface area contributed by atoms with Gasteiger partial charge in [0.15, 0.2) is 6.29 Å². The summed E-state index contributed by atoms with van der Waals surface area (Å²) in [4.78, 5) is 11.9. The van der Waals surface area contributed by atoms with E-state index in [1.165, 1.54) is 12.1 Å². The maximum atomic E-state index is 13.2. The van der Waals surface area contributed by atoms with Crippen LogP contribution in [0.5, 0.6) is 5.75 Å². The Bertz CT molecular complexity index is 814. The first-order valence-corrected chi connectivity index (χ1v) is 11.4. The van der Waals surface area contributed by atoms with Gasteiger partial charge >= 0.3 is 5.97 Å². The summed E-state index contributed by atoms with van der Waals surface area (Å²) in [7, 11) is 0. The smallest absolute Gasteiger partial charge is 0.306 e. The van der Waals surface area contributed by atoms with Crippen molar-refractivity contribution in [3.8, 4) is 5.75 Å². The van der Waals surface area contributed by atoms with Gasteiger partial charge in [0.05, 0.1) is 25.7 Å². The second-order valence-electron chi connectivity index (χ2n) is 8.79. The Morgan fingerprint density at radius 1 is 1.12 bits per heavy atom. The molecule has 1 unspecified atom stereocenters. The van der Waals surface area contributed by atoms with Crippen molar-refractivity contribution in [2.75, 3.05) is 26.4 Å². The topological polar surface area (TPSA) is 72.5 Å². The molecule has 7 nitrogen and oxygen atoms in total. The average molecular weight is 448 g/mol.